The van der Waals surface area contributed by atoms with Crippen molar-refractivity contribution in [3.63, 3.8) is 0 Å². The summed E-state index contributed by atoms with van der Waals surface area (Å²) in [5.41, 5.74) is 7.29. The van der Waals surface area contributed by atoms with E-state index >= 15 is 0 Å². The van der Waals surface area contributed by atoms with E-state index in [0.29, 0.717) is 11.6 Å². The lowest BCUT2D eigenvalue weighted by atomic mass is 10.3. The van der Waals surface area contributed by atoms with Crippen molar-refractivity contribution in [3.8, 4) is 5.82 Å². The molecule has 0 radical (unpaired) electrons. The average Bonchev–Trinajstić information content (AvgIpc) is 3.22. The zero-order chi connectivity index (χ0) is 15.8. The predicted octanol–water partition coefficient (Wildman–Crippen LogP) is 1.63. The number of benzene rings is 1. The molecule has 0 aliphatic carbocycles. The maximum Gasteiger partial charge on any atom is 0.290 e. The largest absolute Gasteiger partial charge is 0.368 e. The van der Waals surface area contributed by atoms with Crippen molar-refractivity contribution in [2.24, 2.45) is 0 Å². The molecule has 7 nitrogen and oxygen atoms in total. The number of nitrogens with zero attached hydrogens (tertiary/aromatic N) is 5. The molecule has 1 fully saturated rings. The third-order valence-corrected chi connectivity index (χ3v) is 4.03. The first-order valence-corrected chi connectivity index (χ1v) is 7.60. The number of para-hydroxylation sites is 2. The fourth-order valence-corrected chi connectivity index (χ4v) is 2.95. The van der Waals surface area contributed by atoms with Gasteiger partial charge in [-0.2, -0.15) is 4.98 Å². The number of carbonyl (C=O) groups is 1. The molecular formula is C16H16N6O. The van der Waals surface area contributed by atoms with E-state index in [1.54, 1.807) is 16.8 Å². The van der Waals surface area contributed by atoms with Crippen LogP contribution in [0.25, 0.3) is 16.9 Å². The van der Waals surface area contributed by atoms with Crippen LogP contribution in [0.15, 0.2) is 36.5 Å². The highest BCUT2D eigenvalue weighted by molar-refractivity contribution is 5.96. The predicted molar refractivity (Wildman–Crippen MR) is 86.2 cm³/mol. The molecule has 0 unspecified atom stereocenters. The summed E-state index contributed by atoms with van der Waals surface area (Å²) in [6.45, 7) is 1.54. The maximum absolute atomic E-state index is 12.9. The molecule has 116 valence electrons. The van der Waals surface area contributed by atoms with Crippen LogP contribution in [0.2, 0.25) is 0 Å². The van der Waals surface area contributed by atoms with Gasteiger partial charge in [0.15, 0.2) is 0 Å². The lowest BCUT2D eigenvalue weighted by Gasteiger charge is -2.15. The molecule has 0 saturated carbocycles. The molecule has 2 N–H and O–H groups in total. The standard InChI is InChI=1S/C16H16N6O/c17-16-18-8-7-13(20-16)22-12-6-2-1-5-11(12)19-14(22)15(23)21-9-3-4-10-21/h1-2,5-8H,3-4,9-10H2,(H2,17,18,20). The second-order valence-electron chi connectivity index (χ2n) is 5.53. The number of nitrogen functional groups attached to an aromatic ring is 1. The molecule has 3 heterocycles. The van der Waals surface area contributed by atoms with Crippen LogP contribution in [0.4, 0.5) is 5.95 Å². The molecule has 1 amide bonds. The molecule has 1 aromatic carbocycles. The third kappa shape index (κ3) is 2.30. The van der Waals surface area contributed by atoms with Crippen LogP contribution in [0, 0.1) is 0 Å². The van der Waals surface area contributed by atoms with E-state index in [4.69, 9.17) is 5.73 Å². The van der Waals surface area contributed by atoms with Crippen molar-refractivity contribution < 1.29 is 4.79 Å². The monoisotopic (exact) mass is 308 g/mol. The minimum Gasteiger partial charge on any atom is -0.368 e. The van der Waals surface area contributed by atoms with E-state index in [2.05, 4.69) is 15.0 Å². The first-order valence-electron chi connectivity index (χ1n) is 7.60. The minimum absolute atomic E-state index is 0.0733. The molecular weight excluding hydrogens is 292 g/mol. The molecule has 1 saturated heterocycles. The maximum atomic E-state index is 12.9. The molecule has 0 atom stereocenters. The second-order valence-corrected chi connectivity index (χ2v) is 5.53. The summed E-state index contributed by atoms with van der Waals surface area (Å²) in [6.07, 6.45) is 3.65. The summed E-state index contributed by atoms with van der Waals surface area (Å²) < 4.78 is 1.76. The molecule has 3 aromatic rings. The Labute approximate surface area is 132 Å². The summed E-state index contributed by atoms with van der Waals surface area (Å²) in [5, 5.41) is 0. The van der Waals surface area contributed by atoms with E-state index in [1.807, 2.05) is 29.2 Å². The van der Waals surface area contributed by atoms with Gasteiger partial charge < -0.3 is 10.6 Å². The summed E-state index contributed by atoms with van der Waals surface area (Å²) in [6, 6.07) is 9.34. The Morgan fingerprint density at radius 2 is 1.87 bits per heavy atom. The molecule has 1 aliphatic heterocycles. The van der Waals surface area contributed by atoms with Gasteiger partial charge in [0.2, 0.25) is 11.8 Å². The van der Waals surface area contributed by atoms with E-state index in [1.165, 1.54) is 0 Å². The summed E-state index contributed by atoms with van der Waals surface area (Å²) in [4.78, 5) is 27.4. The molecule has 2 aromatic heterocycles. The zero-order valence-corrected chi connectivity index (χ0v) is 12.5. The molecule has 0 spiro atoms. The fraction of sp³-hybridized carbons (Fsp3) is 0.250. The van der Waals surface area contributed by atoms with Crippen LogP contribution in [0.1, 0.15) is 23.5 Å². The van der Waals surface area contributed by atoms with E-state index in [-0.39, 0.29) is 11.9 Å². The number of anilines is 1. The Kier molecular flexibility index (Phi) is 3.18. The first kappa shape index (κ1) is 13.7. The summed E-state index contributed by atoms with van der Waals surface area (Å²) >= 11 is 0. The van der Waals surface area contributed by atoms with Crippen molar-refractivity contribution >= 4 is 22.9 Å². The highest BCUT2D eigenvalue weighted by Gasteiger charge is 2.26. The van der Waals surface area contributed by atoms with Crippen LogP contribution in [0.3, 0.4) is 0 Å². The van der Waals surface area contributed by atoms with Crippen LogP contribution in [-0.4, -0.2) is 43.4 Å². The van der Waals surface area contributed by atoms with Gasteiger partial charge in [-0.3, -0.25) is 9.36 Å². The number of nitrogens with two attached hydrogens (primary N) is 1. The van der Waals surface area contributed by atoms with Gasteiger partial charge in [-0.05, 0) is 31.0 Å². The molecule has 23 heavy (non-hydrogen) atoms. The lowest BCUT2D eigenvalue weighted by molar-refractivity contribution is 0.0779. The number of hydrogen-bond acceptors (Lipinski definition) is 5. The number of aromatic nitrogens is 4. The van der Waals surface area contributed by atoms with Gasteiger partial charge in [0.1, 0.15) is 5.82 Å². The Balaban J connectivity index is 1.93. The van der Waals surface area contributed by atoms with Gasteiger partial charge in [-0.25, -0.2) is 9.97 Å². The third-order valence-electron chi connectivity index (χ3n) is 4.03. The fourth-order valence-electron chi connectivity index (χ4n) is 2.95. The Bertz CT molecular complexity index is 881. The van der Waals surface area contributed by atoms with Gasteiger partial charge in [0.25, 0.3) is 5.91 Å². The highest BCUT2D eigenvalue weighted by atomic mass is 16.2. The number of imidazole rings is 1. The Morgan fingerprint density at radius 1 is 1.09 bits per heavy atom. The number of hydrogen-bond donors (Lipinski definition) is 1. The van der Waals surface area contributed by atoms with Crippen molar-refractivity contribution in [3.05, 3.63) is 42.4 Å². The minimum atomic E-state index is -0.0733. The lowest BCUT2D eigenvalue weighted by Crippen LogP contribution is -2.30. The summed E-state index contributed by atoms with van der Waals surface area (Å²) in [7, 11) is 0. The number of carbonyl (C=O) groups excluding carboxylic acids is 1. The number of likely N-dealkylation sites (tertiary alicyclic amines) is 1. The number of amides is 1. The zero-order valence-electron chi connectivity index (χ0n) is 12.5. The van der Waals surface area contributed by atoms with Crippen LogP contribution < -0.4 is 5.73 Å². The van der Waals surface area contributed by atoms with Gasteiger partial charge in [-0.1, -0.05) is 12.1 Å². The normalized spacial score (nSPS) is 14.5. The van der Waals surface area contributed by atoms with Crippen LogP contribution in [0.5, 0.6) is 0 Å². The number of fused-ring (bicyclic) bond motifs is 1. The smallest absolute Gasteiger partial charge is 0.290 e. The van der Waals surface area contributed by atoms with Crippen molar-refractivity contribution in [2.45, 2.75) is 12.8 Å². The highest BCUT2D eigenvalue weighted by Crippen LogP contribution is 2.22. The Hall–Kier alpha value is -2.96. The van der Waals surface area contributed by atoms with Gasteiger partial charge in [-0.15, -0.1) is 0 Å². The summed E-state index contributed by atoms with van der Waals surface area (Å²) in [5.74, 6) is 1.01. The van der Waals surface area contributed by atoms with Crippen LogP contribution in [-0.2, 0) is 0 Å². The SMILES string of the molecule is Nc1nccc(-n2c(C(=O)N3CCCC3)nc3ccccc32)n1. The average molecular weight is 308 g/mol. The Morgan fingerprint density at radius 3 is 2.65 bits per heavy atom. The van der Waals surface area contributed by atoms with Crippen molar-refractivity contribution in [1.29, 1.82) is 0 Å². The molecule has 4 rings (SSSR count). The van der Waals surface area contributed by atoms with Gasteiger partial charge in [0.05, 0.1) is 11.0 Å². The molecule has 0 bridgehead atoms. The molecule has 1 aliphatic rings. The van der Waals surface area contributed by atoms with Crippen molar-refractivity contribution in [2.75, 3.05) is 18.8 Å². The van der Waals surface area contributed by atoms with E-state index in [0.717, 1.165) is 37.0 Å². The van der Waals surface area contributed by atoms with E-state index in [9.17, 15) is 4.79 Å². The topological polar surface area (TPSA) is 89.9 Å². The van der Waals surface area contributed by atoms with E-state index < -0.39 is 0 Å². The van der Waals surface area contributed by atoms with Gasteiger partial charge >= 0.3 is 0 Å². The number of rotatable bonds is 2. The molecule has 7 heteroatoms. The quantitative estimate of drug-likeness (QED) is 0.777. The second kappa shape index (κ2) is 5.35. The van der Waals surface area contributed by atoms with Gasteiger partial charge in [0, 0.05) is 19.3 Å². The van der Waals surface area contributed by atoms with Crippen LogP contribution >= 0.6 is 0 Å². The van der Waals surface area contributed by atoms with Crippen molar-refractivity contribution in [1.82, 2.24) is 24.4 Å². The first-order chi connectivity index (χ1) is 11.2.